The van der Waals surface area contributed by atoms with E-state index in [1.54, 1.807) is 6.08 Å². The fourth-order valence-corrected chi connectivity index (χ4v) is 0.429. The number of nitrogens with two attached hydrogens (primary N) is 2. The normalized spacial score (nSPS) is 10.2. The summed E-state index contributed by atoms with van der Waals surface area (Å²) in [5.41, 5.74) is 10.3. The van der Waals surface area contributed by atoms with Gasteiger partial charge in [0, 0.05) is 25.7 Å². The molecule has 0 aromatic rings. The molecule has 10 heavy (non-hydrogen) atoms. The summed E-state index contributed by atoms with van der Waals surface area (Å²) >= 11 is 0. The lowest BCUT2D eigenvalue weighted by molar-refractivity contribution is -0.116. The van der Waals surface area contributed by atoms with E-state index in [0.29, 0.717) is 19.6 Å². The van der Waals surface area contributed by atoms with Crippen LogP contribution >= 0.6 is 0 Å². The van der Waals surface area contributed by atoms with Crippen LogP contribution in [0.4, 0.5) is 0 Å². The topological polar surface area (TPSA) is 81.1 Å². The third kappa shape index (κ3) is 5.27. The van der Waals surface area contributed by atoms with Gasteiger partial charge in [0.05, 0.1) is 0 Å². The average molecular weight is 143 g/mol. The van der Waals surface area contributed by atoms with E-state index in [1.165, 1.54) is 6.08 Å². The number of hydrogen-bond donors (Lipinski definition) is 3. The maximum Gasteiger partial charge on any atom is 0.243 e. The Hall–Kier alpha value is -0.870. The van der Waals surface area contributed by atoms with E-state index in [0.717, 1.165) is 0 Å². The van der Waals surface area contributed by atoms with Crippen molar-refractivity contribution in [2.45, 2.75) is 0 Å². The number of amides is 1. The molecule has 0 rings (SSSR count). The summed E-state index contributed by atoms with van der Waals surface area (Å²) in [4.78, 5) is 10.7. The lowest BCUT2D eigenvalue weighted by Gasteiger charge is -1.96. The van der Waals surface area contributed by atoms with Gasteiger partial charge in [0.2, 0.25) is 5.91 Å². The number of nitrogens with one attached hydrogen (secondary N) is 1. The minimum atomic E-state index is -0.143. The number of hydrogen-bond acceptors (Lipinski definition) is 3. The van der Waals surface area contributed by atoms with Crippen LogP contribution in [0.3, 0.4) is 0 Å². The van der Waals surface area contributed by atoms with Crippen molar-refractivity contribution in [3.8, 4) is 0 Å². The van der Waals surface area contributed by atoms with Gasteiger partial charge in [-0.05, 0) is 0 Å². The zero-order valence-corrected chi connectivity index (χ0v) is 5.84. The van der Waals surface area contributed by atoms with E-state index in [-0.39, 0.29) is 5.91 Å². The number of carbonyl (C=O) groups excluding carboxylic acids is 1. The van der Waals surface area contributed by atoms with Crippen molar-refractivity contribution < 1.29 is 4.79 Å². The van der Waals surface area contributed by atoms with Gasteiger partial charge in [-0.1, -0.05) is 6.08 Å². The highest BCUT2D eigenvalue weighted by molar-refractivity contribution is 5.87. The van der Waals surface area contributed by atoms with Crippen LogP contribution in [-0.4, -0.2) is 25.5 Å². The SMILES string of the molecule is NC/C=C/C(=O)NCCN. The molecule has 4 nitrogen and oxygen atoms in total. The van der Waals surface area contributed by atoms with Gasteiger partial charge in [-0.3, -0.25) is 4.79 Å². The highest BCUT2D eigenvalue weighted by Gasteiger charge is 1.89. The molecule has 5 N–H and O–H groups in total. The molecule has 0 bridgehead atoms. The van der Waals surface area contributed by atoms with E-state index in [4.69, 9.17) is 11.5 Å². The summed E-state index contributed by atoms with van der Waals surface area (Å²) in [5, 5.41) is 2.56. The van der Waals surface area contributed by atoms with E-state index in [1.807, 2.05) is 0 Å². The van der Waals surface area contributed by atoms with Gasteiger partial charge in [0.1, 0.15) is 0 Å². The molecule has 0 radical (unpaired) electrons. The summed E-state index contributed by atoms with van der Waals surface area (Å²) in [6.07, 6.45) is 2.99. The Morgan fingerprint density at radius 2 is 2.20 bits per heavy atom. The molecule has 0 aliphatic rings. The zero-order chi connectivity index (χ0) is 7.82. The number of rotatable bonds is 4. The van der Waals surface area contributed by atoms with Crippen molar-refractivity contribution in [1.82, 2.24) is 5.32 Å². The van der Waals surface area contributed by atoms with E-state index < -0.39 is 0 Å². The van der Waals surface area contributed by atoms with E-state index >= 15 is 0 Å². The van der Waals surface area contributed by atoms with Crippen molar-refractivity contribution in [1.29, 1.82) is 0 Å². The fraction of sp³-hybridized carbons (Fsp3) is 0.500. The van der Waals surface area contributed by atoms with E-state index in [2.05, 4.69) is 5.32 Å². The second-order valence-corrected chi connectivity index (χ2v) is 1.72. The third-order valence-corrected chi connectivity index (χ3v) is 0.849. The monoisotopic (exact) mass is 143 g/mol. The standard InChI is InChI=1S/C6H13N3O/c7-3-1-2-6(10)9-5-4-8/h1-2H,3-5,7-8H2,(H,9,10)/b2-1+. The van der Waals surface area contributed by atoms with Crippen LogP contribution in [0.1, 0.15) is 0 Å². The first-order valence-corrected chi connectivity index (χ1v) is 3.15. The van der Waals surface area contributed by atoms with Crippen LogP contribution in [0, 0.1) is 0 Å². The van der Waals surface area contributed by atoms with Crippen molar-refractivity contribution in [2.75, 3.05) is 19.6 Å². The smallest absolute Gasteiger partial charge is 0.243 e. The molecule has 0 saturated carbocycles. The molecule has 0 saturated heterocycles. The molecule has 0 atom stereocenters. The van der Waals surface area contributed by atoms with Crippen molar-refractivity contribution >= 4 is 5.91 Å². The van der Waals surface area contributed by atoms with Crippen LogP contribution < -0.4 is 16.8 Å². The predicted octanol–water partition coefficient (Wildman–Crippen LogP) is -1.42. The molecule has 0 heterocycles. The highest BCUT2D eigenvalue weighted by Crippen LogP contribution is 1.69. The first-order valence-electron chi connectivity index (χ1n) is 3.15. The molecule has 0 aromatic heterocycles. The van der Waals surface area contributed by atoms with Gasteiger partial charge in [-0.15, -0.1) is 0 Å². The Morgan fingerprint density at radius 3 is 2.70 bits per heavy atom. The predicted molar refractivity (Wildman–Crippen MR) is 40.3 cm³/mol. The summed E-state index contributed by atoms with van der Waals surface area (Å²) in [6.45, 7) is 1.35. The van der Waals surface area contributed by atoms with Gasteiger partial charge >= 0.3 is 0 Å². The molecule has 4 heteroatoms. The zero-order valence-electron chi connectivity index (χ0n) is 5.84. The second kappa shape index (κ2) is 6.25. The lowest BCUT2D eigenvalue weighted by Crippen LogP contribution is -2.27. The minimum Gasteiger partial charge on any atom is -0.351 e. The van der Waals surface area contributed by atoms with Crippen molar-refractivity contribution in [2.24, 2.45) is 11.5 Å². The third-order valence-electron chi connectivity index (χ3n) is 0.849. The van der Waals surface area contributed by atoms with Gasteiger partial charge in [-0.25, -0.2) is 0 Å². The Morgan fingerprint density at radius 1 is 1.50 bits per heavy atom. The largest absolute Gasteiger partial charge is 0.351 e. The highest BCUT2D eigenvalue weighted by atomic mass is 16.1. The Kier molecular flexibility index (Phi) is 5.71. The average Bonchev–Trinajstić information content (AvgIpc) is 1.97. The molecule has 1 amide bonds. The maximum atomic E-state index is 10.7. The summed E-state index contributed by atoms with van der Waals surface area (Å²) < 4.78 is 0. The second-order valence-electron chi connectivity index (χ2n) is 1.72. The Bertz CT molecular complexity index is 122. The van der Waals surface area contributed by atoms with Gasteiger partial charge in [0.25, 0.3) is 0 Å². The minimum absolute atomic E-state index is 0.143. The van der Waals surface area contributed by atoms with E-state index in [9.17, 15) is 4.79 Å². The van der Waals surface area contributed by atoms with Gasteiger partial charge in [0.15, 0.2) is 0 Å². The first kappa shape index (κ1) is 9.13. The molecule has 0 aliphatic heterocycles. The van der Waals surface area contributed by atoms with Crippen LogP contribution in [-0.2, 0) is 4.79 Å². The summed E-state index contributed by atoms with van der Waals surface area (Å²) in [7, 11) is 0. The molecular formula is C6H13N3O. The molecule has 58 valence electrons. The molecular weight excluding hydrogens is 130 g/mol. The molecule has 0 aromatic carbocycles. The number of carbonyl (C=O) groups is 1. The summed E-state index contributed by atoms with van der Waals surface area (Å²) in [5.74, 6) is -0.143. The van der Waals surface area contributed by atoms with Crippen LogP contribution in [0.5, 0.6) is 0 Å². The van der Waals surface area contributed by atoms with Gasteiger partial charge in [-0.2, -0.15) is 0 Å². The van der Waals surface area contributed by atoms with Crippen molar-refractivity contribution in [3.63, 3.8) is 0 Å². The first-order chi connectivity index (χ1) is 4.81. The molecule has 0 aliphatic carbocycles. The Labute approximate surface area is 60.3 Å². The quantitative estimate of drug-likeness (QED) is 0.422. The molecule has 0 unspecified atom stereocenters. The molecule has 0 spiro atoms. The van der Waals surface area contributed by atoms with Crippen LogP contribution in [0.15, 0.2) is 12.2 Å². The lowest BCUT2D eigenvalue weighted by atomic mass is 10.4. The molecule has 0 fully saturated rings. The van der Waals surface area contributed by atoms with Crippen LogP contribution in [0.2, 0.25) is 0 Å². The van der Waals surface area contributed by atoms with Crippen molar-refractivity contribution in [3.05, 3.63) is 12.2 Å². The van der Waals surface area contributed by atoms with Gasteiger partial charge < -0.3 is 16.8 Å². The fourth-order valence-electron chi connectivity index (χ4n) is 0.429. The Balaban J connectivity index is 3.34. The maximum absolute atomic E-state index is 10.7. The summed E-state index contributed by atoms with van der Waals surface area (Å²) in [6, 6.07) is 0. The van der Waals surface area contributed by atoms with Crippen LogP contribution in [0.25, 0.3) is 0 Å².